The molecule has 58 heavy (non-hydrogen) atoms. The van der Waals surface area contributed by atoms with E-state index in [1.165, 1.54) is 4.90 Å². The van der Waals surface area contributed by atoms with Crippen LogP contribution in [0.5, 0.6) is 0 Å². The third-order valence-electron chi connectivity index (χ3n) is 9.84. The smallest absolute Gasteiger partial charge is 0.261 e. The van der Waals surface area contributed by atoms with Crippen LogP contribution in [-0.4, -0.2) is 128 Å². The van der Waals surface area contributed by atoms with Crippen molar-refractivity contribution in [2.24, 2.45) is 0 Å². The number of carbonyl (C=O) groups is 6. The Morgan fingerprint density at radius 1 is 0.638 bits per heavy atom. The Bertz CT molecular complexity index is 2120. The molecule has 4 N–H and O–H groups in total. The average Bonchev–Trinajstić information content (AvgIpc) is 4.01. The van der Waals surface area contributed by atoms with Crippen LogP contribution >= 0.6 is 0 Å². The van der Waals surface area contributed by atoms with Crippen molar-refractivity contribution in [1.82, 2.24) is 9.80 Å². The lowest BCUT2D eigenvalue weighted by atomic mass is 10.1. The number of nitrogens with two attached hydrogens (primary N) is 1. The molecule has 0 radical (unpaired) electrons. The molecule has 9 rings (SSSR count). The van der Waals surface area contributed by atoms with Crippen molar-refractivity contribution in [2.45, 2.75) is 12.2 Å². The summed E-state index contributed by atoms with van der Waals surface area (Å²) in [5, 5.41) is 13.4. The van der Waals surface area contributed by atoms with Crippen molar-refractivity contribution in [3.8, 4) is 0 Å². The van der Waals surface area contributed by atoms with Crippen LogP contribution in [-0.2, 0) is 23.8 Å². The molecule has 3 fully saturated rings. The number of rotatable bonds is 9. The molecule has 16 heteroatoms. The van der Waals surface area contributed by atoms with Crippen LogP contribution in [0.25, 0.3) is 0 Å². The van der Waals surface area contributed by atoms with Gasteiger partial charge < -0.3 is 40.2 Å². The first-order valence-corrected chi connectivity index (χ1v) is 18.7. The molecule has 5 heterocycles. The molecule has 0 saturated carbocycles. The number of aliphatic hydroxyl groups excluding tert-OH is 1. The summed E-state index contributed by atoms with van der Waals surface area (Å²) in [6.07, 6.45) is -0.870. The first kappa shape index (κ1) is 39.8. The first-order chi connectivity index (χ1) is 28.1. The van der Waals surface area contributed by atoms with Crippen molar-refractivity contribution in [2.75, 3.05) is 86.6 Å². The molecule has 0 bridgehead atoms. The van der Waals surface area contributed by atoms with Gasteiger partial charge in [-0.2, -0.15) is 0 Å². The lowest BCUT2D eigenvalue weighted by molar-refractivity contribution is -0.126. The van der Waals surface area contributed by atoms with E-state index >= 15 is 0 Å². The standard InChI is InChI=1S/C21H21N3O5.C11H9NO3.C10H12N2O2/c25-16(12-24-20(27)17-3-1-2-4-18(17)21(24)28)11-22-14-5-7-15(8-6-14)23-9-10-29-13-19(23)26;13-10-8-3-1-2-4-9(8)11(14)12(10)5-7-6-15-7;11-8-1-3-9(4-2-8)12-5-6-14-7-10(12)13/h1-8,16,22,25H,9-13H2;1-4,7H,5-6H2;1-4H,5-7,11H2/t16-;7-;/m10./s1. The fourth-order valence-corrected chi connectivity index (χ4v) is 6.69. The molecule has 5 aliphatic rings. The van der Waals surface area contributed by atoms with Gasteiger partial charge in [-0.05, 0) is 72.8 Å². The highest BCUT2D eigenvalue weighted by atomic mass is 16.6. The molecule has 0 aromatic heterocycles. The molecule has 300 valence electrons. The molecular formula is C42H42N6O10. The quantitative estimate of drug-likeness (QED) is 0.127. The van der Waals surface area contributed by atoms with Gasteiger partial charge in [0.25, 0.3) is 35.4 Å². The van der Waals surface area contributed by atoms with Gasteiger partial charge in [0.2, 0.25) is 0 Å². The van der Waals surface area contributed by atoms with Gasteiger partial charge >= 0.3 is 0 Å². The number of β-amino-alcohol motifs (C(OH)–C–C–N with tert-alkyl or cyclic N) is 1. The van der Waals surface area contributed by atoms with E-state index in [-0.39, 0.29) is 67.9 Å². The number of anilines is 4. The number of nitrogens with zero attached hydrogens (tertiary/aromatic N) is 4. The zero-order valence-electron chi connectivity index (χ0n) is 31.5. The second-order valence-corrected chi connectivity index (χ2v) is 13.9. The monoisotopic (exact) mass is 790 g/mol. The van der Waals surface area contributed by atoms with Crippen LogP contribution in [0, 0.1) is 0 Å². The largest absolute Gasteiger partial charge is 0.399 e. The summed E-state index contributed by atoms with van der Waals surface area (Å²) in [6, 6.07) is 28.1. The molecule has 5 aliphatic heterocycles. The van der Waals surface area contributed by atoms with E-state index < -0.39 is 6.10 Å². The zero-order chi connectivity index (χ0) is 40.8. The molecule has 3 saturated heterocycles. The minimum Gasteiger partial charge on any atom is -0.399 e. The predicted octanol–water partition coefficient (Wildman–Crippen LogP) is 2.43. The second kappa shape index (κ2) is 17.8. The van der Waals surface area contributed by atoms with Gasteiger partial charge in [-0.3, -0.25) is 38.6 Å². The Kier molecular flexibility index (Phi) is 12.2. The van der Waals surface area contributed by atoms with Crippen molar-refractivity contribution < 1.29 is 48.1 Å². The zero-order valence-corrected chi connectivity index (χ0v) is 31.5. The van der Waals surface area contributed by atoms with Gasteiger partial charge in [0.15, 0.2) is 0 Å². The summed E-state index contributed by atoms with van der Waals surface area (Å²) < 4.78 is 15.2. The summed E-state index contributed by atoms with van der Waals surface area (Å²) in [5.41, 5.74) is 10.4. The highest BCUT2D eigenvalue weighted by molar-refractivity contribution is 6.22. The summed E-state index contributed by atoms with van der Waals surface area (Å²) in [7, 11) is 0. The van der Waals surface area contributed by atoms with Gasteiger partial charge in [0.1, 0.15) is 13.2 Å². The van der Waals surface area contributed by atoms with Crippen LogP contribution in [0.3, 0.4) is 0 Å². The molecule has 4 aromatic rings. The Morgan fingerprint density at radius 2 is 1.07 bits per heavy atom. The number of aliphatic hydroxyl groups is 1. The number of ether oxygens (including phenoxy) is 3. The second-order valence-electron chi connectivity index (χ2n) is 13.9. The summed E-state index contributed by atoms with van der Waals surface area (Å²) in [4.78, 5) is 77.4. The van der Waals surface area contributed by atoms with Gasteiger partial charge in [0.05, 0.1) is 67.4 Å². The lowest BCUT2D eigenvalue weighted by Gasteiger charge is -2.27. The Morgan fingerprint density at radius 3 is 1.50 bits per heavy atom. The van der Waals surface area contributed by atoms with E-state index in [4.69, 9.17) is 19.9 Å². The average molecular weight is 791 g/mol. The molecule has 0 unspecified atom stereocenters. The lowest BCUT2D eigenvalue weighted by Crippen LogP contribution is -2.41. The molecule has 0 aliphatic carbocycles. The van der Waals surface area contributed by atoms with Crippen LogP contribution in [0.2, 0.25) is 0 Å². The summed E-state index contributed by atoms with van der Waals surface area (Å²) >= 11 is 0. The minimum absolute atomic E-state index is 0.000946. The maximum atomic E-state index is 12.4. The number of morpholine rings is 2. The normalized spacial score (nSPS) is 18.9. The number of benzene rings is 4. The highest BCUT2D eigenvalue weighted by Crippen LogP contribution is 2.26. The highest BCUT2D eigenvalue weighted by Gasteiger charge is 2.39. The van der Waals surface area contributed by atoms with Gasteiger partial charge in [0, 0.05) is 42.4 Å². The number of epoxide rings is 1. The third kappa shape index (κ3) is 9.05. The fourth-order valence-electron chi connectivity index (χ4n) is 6.69. The molecule has 16 nitrogen and oxygen atoms in total. The number of hydrogen-bond acceptors (Lipinski definition) is 12. The predicted molar refractivity (Wildman–Crippen MR) is 211 cm³/mol. The van der Waals surface area contributed by atoms with Gasteiger partial charge in [-0.1, -0.05) is 24.3 Å². The van der Waals surface area contributed by atoms with Crippen LogP contribution in [0.1, 0.15) is 41.4 Å². The van der Waals surface area contributed by atoms with E-state index in [1.54, 1.807) is 70.5 Å². The van der Waals surface area contributed by atoms with E-state index in [1.807, 2.05) is 36.4 Å². The molecule has 4 aromatic carbocycles. The number of nitrogens with one attached hydrogen (secondary N) is 1. The van der Waals surface area contributed by atoms with Crippen LogP contribution in [0.4, 0.5) is 22.7 Å². The number of hydrogen-bond donors (Lipinski definition) is 3. The van der Waals surface area contributed by atoms with Crippen molar-refractivity contribution in [3.05, 3.63) is 119 Å². The Balaban J connectivity index is 0.000000147. The van der Waals surface area contributed by atoms with E-state index in [2.05, 4.69) is 5.32 Å². The minimum atomic E-state index is -0.919. The maximum Gasteiger partial charge on any atom is 0.261 e. The van der Waals surface area contributed by atoms with E-state index in [0.29, 0.717) is 67.4 Å². The number of carbonyl (C=O) groups excluding carboxylic acids is 6. The molecular weight excluding hydrogens is 748 g/mol. The Labute approximate surface area is 333 Å². The summed E-state index contributed by atoms with van der Waals surface area (Å²) in [5.74, 6) is -1.25. The SMILES string of the molecule is Nc1ccc(N2CCOCC2=O)cc1.O=C1c2ccccc2C(=O)N1C[C@H](O)CNc1ccc(N2CCOCC2=O)cc1.O=C1c2ccccc2C(=O)N1C[C@H]1CO1. The maximum absolute atomic E-state index is 12.4. The molecule has 2 atom stereocenters. The van der Waals surface area contributed by atoms with Crippen molar-refractivity contribution >= 4 is 58.2 Å². The number of amides is 6. The number of nitrogen functional groups attached to an aromatic ring is 1. The Hall–Kier alpha value is -6.46. The molecule has 6 amide bonds. The van der Waals surface area contributed by atoms with Crippen LogP contribution in [0.15, 0.2) is 97.1 Å². The molecule has 0 spiro atoms. The van der Waals surface area contributed by atoms with Crippen molar-refractivity contribution in [1.29, 1.82) is 0 Å². The van der Waals surface area contributed by atoms with E-state index in [0.717, 1.165) is 22.0 Å². The van der Waals surface area contributed by atoms with Gasteiger partial charge in [-0.25, -0.2) is 0 Å². The topological polar surface area (TPSA) is 205 Å². The van der Waals surface area contributed by atoms with Crippen LogP contribution < -0.4 is 20.9 Å². The van der Waals surface area contributed by atoms with E-state index in [9.17, 15) is 33.9 Å². The van der Waals surface area contributed by atoms with Crippen molar-refractivity contribution in [3.63, 3.8) is 0 Å². The van der Waals surface area contributed by atoms with Gasteiger partial charge in [-0.15, -0.1) is 0 Å². The first-order valence-electron chi connectivity index (χ1n) is 18.7. The summed E-state index contributed by atoms with van der Waals surface area (Å²) in [6.45, 7) is 3.61. The fraction of sp³-hybridized carbons (Fsp3) is 0.286. The third-order valence-corrected chi connectivity index (χ3v) is 9.84. The number of imide groups is 2. The number of fused-ring (bicyclic) bond motifs is 2.